The Bertz CT molecular complexity index is 762. The van der Waals surface area contributed by atoms with Crippen LogP contribution < -0.4 is 9.80 Å². The summed E-state index contributed by atoms with van der Waals surface area (Å²) < 4.78 is 5.87. The van der Waals surface area contributed by atoms with E-state index in [0.717, 1.165) is 24.4 Å². The molecule has 2 aromatic rings. The number of rotatable bonds is 5. The first kappa shape index (κ1) is 18.4. The average Bonchev–Trinajstić information content (AvgIpc) is 2.65. The zero-order chi connectivity index (χ0) is 18.7. The lowest BCUT2D eigenvalue weighted by Gasteiger charge is -2.43. The fourth-order valence-electron chi connectivity index (χ4n) is 3.49. The van der Waals surface area contributed by atoms with Crippen molar-refractivity contribution < 1.29 is 4.74 Å². The third-order valence-electron chi connectivity index (χ3n) is 5.01. The molecule has 1 radical (unpaired) electrons. The maximum Gasteiger partial charge on any atom is 0.196 e. The molecule has 1 aliphatic rings. The first-order valence-electron chi connectivity index (χ1n) is 9.38. The summed E-state index contributed by atoms with van der Waals surface area (Å²) in [5, 5.41) is 0. The van der Waals surface area contributed by atoms with Gasteiger partial charge in [0.1, 0.15) is 6.67 Å². The number of hydrogen-bond acceptors (Lipinski definition) is 3. The standard InChI is InChI=1S/C23H29N2O/c1-6-7-22-19(4)24(20-12-8-17(2)9-13-20)16-25(23(22)26-5)21-14-10-18(3)11-15-21/h8-16,19H,6-7H2,1-5H3. The second kappa shape index (κ2) is 7.86. The fraction of sp³-hybridized carbons (Fsp3) is 0.348. The van der Waals surface area contributed by atoms with Gasteiger partial charge in [0.15, 0.2) is 5.88 Å². The second-order valence-electron chi connectivity index (χ2n) is 7.02. The van der Waals surface area contributed by atoms with E-state index in [1.54, 1.807) is 7.11 Å². The van der Waals surface area contributed by atoms with E-state index in [2.05, 4.69) is 92.7 Å². The number of anilines is 2. The van der Waals surface area contributed by atoms with E-state index in [1.165, 1.54) is 22.4 Å². The molecule has 1 atom stereocenters. The van der Waals surface area contributed by atoms with Crippen molar-refractivity contribution in [1.82, 2.24) is 0 Å². The molecule has 0 saturated heterocycles. The van der Waals surface area contributed by atoms with Gasteiger partial charge in [-0.05, 0) is 51.5 Å². The maximum absolute atomic E-state index is 5.87. The van der Waals surface area contributed by atoms with Crippen LogP contribution >= 0.6 is 0 Å². The van der Waals surface area contributed by atoms with E-state index < -0.39 is 0 Å². The van der Waals surface area contributed by atoms with Crippen LogP contribution in [0.2, 0.25) is 0 Å². The highest BCUT2D eigenvalue weighted by molar-refractivity contribution is 5.63. The van der Waals surface area contributed by atoms with E-state index in [4.69, 9.17) is 4.74 Å². The van der Waals surface area contributed by atoms with Crippen molar-refractivity contribution in [2.45, 2.75) is 46.6 Å². The molecule has 26 heavy (non-hydrogen) atoms. The first-order valence-corrected chi connectivity index (χ1v) is 9.38. The van der Waals surface area contributed by atoms with E-state index in [-0.39, 0.29) is 6.04 Å². The van der Waals surface area contributed by atoms with Crippen molar-refractivity contribution in [2.24, 2.45) is 0 Å². The Balaban J connectivity index is 2.06. The lowest BCUT2D eigenvalue weighted by molar-refractivity contribution is 0.267. The Hall–Kier alpha value is -2.42. The predicted molar refractivity (Wildman–Crippen MR) is 110 cm³/mol. The SMILES string of the molecule is CCCC1=C(OC)N(c2ccc(C)cc2)[CH]N(c2ccc(C)cc2)C1C. The van der Waals surface area contributed by atoms with Crippen molar-refractivity contribution in [1.29, 1.82) is 0 Å². The highest BCUT2D eigenvalue weighted by Crippen LogP contribution is 2.37. The summed E-state index contributed by atoms with van der Waals surface area (Å²) in [4.78, 5) is 4.51. The Morgan fingerprint density at radius 3 is 1.92 bits per heavy atom. The summed E-state index contributed by atoms with van der Waals surface area (Å²) in [7, 11) is 1.77. The minimum Gasteiger partial charge on any atom is -0.482 e. The number of benzene rings is 2. The lowest BCUT2D eigenvalue weighted by atomic mass is 9.99. The topological polar surface area (TPSA) is 15.7 Å². The third kappa shape index (κ3) is 3.57. The summed E-state index contributed by atoms with van der Waals surface area (Å²) in [6.45, 7) is 10.9. The van der Waals surface area contributed by atoms with Crippen molar-refractivity contribution in [3.8, 4) is 0 Å². The minimum absolute atomic E-state index is 0.259. The maximum atomic E-state index is 5.87. The lowest BCUT2D eigenvalue weighted by Crippen LogP contribution is -2.45. The van der Waals surface area contributed by atoms with Crippen LogP contribution in [0.4, 0.5) is 11.4 Å². The molecule has 2 aromatic carbocycles. The molecule has 1 aliphatic heterocycles. The van der Waals surface area contributed by atoms with Crippen molar-refractivity contribution in [3.63, 3.8) is 0 Å². The summed E-state index contributed by atoms with van der Waals surface area (Å²) in [6.07, 6.45) is 2.11. The molecule has 0 amide bonds. The average molecular weight is 349 g/mol. The van der Waals surface area contributed by atoms with E-state index in [9.17, 15) is 0 Å². The largest absolute Gasteiger partial charge is 0.482 e. The van der Waals surface area contributed by atoms with Crippen LogP contribution in [0.3, 0.4) is 0 Å². The van der Waals surface area contributed by atoms with Gasteiger partial charge < -0.3 is 9.64 Å². The minimum atomic E-state index is 0.259. The van der Waals surface area contributed by atoms with E-state index in [0.29, 0.717) is 0 Å². The van der Waals surface area contributed by atoms with Gasteiger partial charge in [0.05, 0.1) is 13.2 Å². The highest BCUT2D eigenvalue weighted by atomic mass is 16.5. The van der Waals surface area contributed by atoms with Crippen LogP contribution in [-0.2, 0) is 4.74 Å². The molecule has 0 fully saturated rings. The number of aryl methyl sites for hydroxylation is 2. The molecule has 0 saturated carbocycles. The van der Waals surface area contributed by atoms with Crippen LogP contribution in [0.1, 0.15) is 37.8 Å². The Kier molecular flexibility index (Phi) is 5.55. The van der Waals surface area contributed by atoms with Crippen molar-refractivity contribution >= 4 is 11.4 Å². The normalized spacial score (nSPS) is 17.7. The number of methoxy groups -OCH3 is 1. The highest BCUT2D eigenvalue weighted by Gasteiger charge is 2.33. The van der Waals surface area contributed by atoms with Crippen molar-refractivity contribution in [2.75, 3.05) is 16.9 Å². The van der Waals surface area contributed by atoms with Gasteiger partial charge in [-0.25, -0.2) is 0 Å². The van der Waals surface area contributed by atoms with Gasteiger partial charge >= 0.3 is 0 Å². The molecule has 137 valence electrons. The van der Waals surface area contributed by atoms with E-state index >= 15 is 0 Å². The number of ether oxygens (including phenoxy) is 1. The molecule has 0 aromatic heterocycles. The molecule has 0 N–H and O–H groups in total. The van der Waals surface area contributed by atoms with Crippen LogP contribution in [0.5, 0.6) is 0 Å². The molecule has 0 aliphatic carbocycles. The summed E-state index contributed by atoms with van der Waals surface area (Å²) in [5.41, 5.74) is 6.18. The Morgan fingerprint density at radius 1 is 0.885 bits per heavy atom. The molecule has 3 rings (SSSR count). The van der Waals surface area contributed by atoms with Gasteiger partial charge in [0.2, 0.25) is 0 Å². The van der Waals surface area contributed by atoms with Gasteiger partial charge in [0.25, 0.3) is 0 Å². The second-order valence-corrected chi connectivity index (χ2v) is 7.02. The molecular formula is C23H29N2O. The molecular weight excluding hydrogens is 320 g/mol. The van der Waals surface area contributed by atoms with Crippen molar-refractivity contribution in [3.05, 3.63) is 77.8 Å². The van der Waals surface area contributed by atoms with Crippen LogP contribution in [0.25, 0.3) is 0 Å². The molecule has 3 nitrogen and oxygen atoms in total. The summed E-state index contributed by atoms with van der Waals surface area (Å²) in [5.74, 6) is 0.951. The number of nitrogens with zero attached hydrogens (tertiary/aromatic N) is 2. The van der Waals surface area contributed by atoms with Crippen LogP contribution in [0, 0.1) is 20.5 Å². The first-order chi connectivity index (χ1) is 12.5. The molecule has 1 heterocycles. The summed E-state index contributed by atoms with van der Waals surface area (Å²) in [6, 6.07) is 17.6. The fourth-order valence-corrected chi connectivity index (χ4v) is 3.49. The number of hydrogen-bond donors (Lipinski definition) is 0. The Morgan fingerprint density at radius 2 is 1.42 bits per heavy atom. The van der Waals surface area contributed by atoms with Gasteiger partial charge in [-0.1, -0.05) is 48.7 Å². The smallest absolute Gasteiger partial charge is 0.196 e. The monoisotopic (exact) mass is 349 g/mol. The van der Waals surface area contributed by atoms with Gasteiger partial charge in [-0.2, -0.15) is 0 Å². The zero-order valence-electron chi connectivity index (χ0n) is 16.5. The van der Waals surface area contributed by atoms with Gasteiger partial charge in [0, 0.05) is 16.9 Å². The molecule has 0 spiro atoms. The quantitative estimate of drug-likeness (QED) is 0.679. The van der Waals surface area contributed by atoms with Crippen LogP contribution in [0.15, 0.2) is 60.0 Å². The Labute approximate surface area is 157 Å². The van der Waals surface area contributed by atoms with E-state index in [1.807, 2.05) is 0 Å². The third-order valence-corrected chi connectivity index (χ3v) is 5.01. The van der Waals surface area contributed by atoms with Gasteiger partial charge in [-0.3, -0.25) is 4.90 Å². The molecule has 1 unspecified atom stereocenters. The molecule has 0 bridgehead atoms. The van der Waals surface area contributed by atoms with Crippen LogP contribution in [-0.4, -0.2) is 13.2 Å². The predicted octanol–water partition coefficient (Wildman–Crippen LogP) is 5.80. The zero-order valence-corrected chi connectivity index (χ0v) is 16.5. The summed E-state index contributed by atoms with van der Waals surface area (Å²) >= 11 is 0. The molecule has 3 heteroatoms. The van der Waals surface area contributed by atoms with Gasteiger partial charge in [-0.15, -0.1) is 0 Å².